The number of fused-ring (bicyclic) bond motifs is 3. The number of nitrogens with one attached hydrogen (secondary N) is 22. The summed E-state index contributed by atoms with van der Waals surface area (Å²) >= 11 is 0.674. The number of hydrogen-bond donors (Lipinski definition) is 33. The highest BCUT2D eigenvalue weighted by Crippen LogP contribution is 2.61. The highest BCUT2D eigenvalue weighted by Gasteiger charge is 2.73. The first kappa shape index (κ1) is 122. The molecule has 0 aliphatic heterocycles. The largest absolute Gasteiger partial charge is 0.459 e. The van der Waals surface area contributed by atoms with Crippen LogP contribution in [0.5, 0.6) is 0 Å². The lowest BCUT2D eigenvalue weighted by atomic mass is 9.47. The summed E-state index contributed by atoms with van der Waals surface area (Å²) in [5, 5.41) is 120. The summed E-state index contributed by atoms with van der Waals surface area (Å²) in [6.45, 7) is 7.46. The molecular weight excluding hydrogens is 1960 g/mol. The van der Waals surface area contributed by atoms with E-state index in [2.05, 4.69) is 79.8 Å². The normalized spacial score (nSPS) is 20.4. The summed E-state index contributed by atoms with van der Waals surface area (Å²) in [6, 6.07) is 8.49. The summed E-state index contributed by atoms with van der Waals surface area (Å²) in [5.41, 5.74) is 44.2. The van der Waals surface area contributed by atoms with Crippen molar-refractivity contribution in [3.63, 3.8) is 0 Å². The van der Waals surface area contributed by atoms with Crippen molar-refractivity contribution in [2.75, 3.05) is 64.4 Å². The van der Waals surface area contributed by atoms with Gasteiger partial charge in [-0.15, -0.1) is 11.8 Å². The molecular formula is C94H145N31O23S. The van der Waals surface area contributed by atoms with Gasteiger partial charge in [-0.25, -0.2) is 9.59 Å². The molecule has 820 valence electrons. The van der Waals surface area contributed by atoms with Crippen molar-refractivity contribution in [1.82, 2.24) is 79.8 Å². The molecule has 2 fully saturated rings. The monoisotopic (exact) mass is 2110 g/mol. The lowest BCUT2D eigenvalue weighted by Crippen LogP contribution is -2.74. The second kappa shape index (κ2) is 59.5. The molecule has 0 saturated heterocycles. The Morgan fingerprint density at radius 3 is 1.15 bits per heavy atom. The van der Waals surface area contributed by atoms with Crippen LogP contribution in [0.1, 0.15) is 177 Å². The predicted octanol–water partition coefficient (Wildman–Crippen LogP) is -5.69. The quantitative estimate of drug-likeness (QED) is 0.00625. The first-order valence-corrected chi connectivity index (χ1v) is 49.4. The molecule has 9 amide bonds. The Kier molecular flexibility index (Phi) is 48.9. The van der Waals surface area contributed by atoms with Crippen molar-refractivity contribution in [2.45, 2.75) is 247 Å². The fraction of sp³-hybridized carbons (Fsp3) is 0.553. The number of amides is 9. The first-order chi connectivity index (χ1) is 70.4. The zero-order valence-corrected chi connectivity index (χ0v) is 85.0. The lowest BCUT2D eigenvalue weighted by Gasteiger charge is -2.62. The summed E-state index contributed by atoms with van der Waals surface area (Å²) in [7, 11) is 1.24. The van der Waals surface area contributed by atoms with Crippen LogP contribution in [0.3, 0.4) is 0 Å². The molecule has 3 aliphatic carbocycles. The van der Waals surface area contributed by atoms with Gasteiger partial charge >= 0.3 is 29.8 Å². The number of thioether (sulfide) groups is 1. The van der Waals surface area contributed by atoms with Crippen LogP contribution in [0.4, 0.5) is 0 Å². The van der Waals surface area contributed by atoms with Gasteiger partial charge < -0.3 is 170 Å². The number of aliphatic hydroxyl groups is 2. The van der Waals surface area contributed by atoms with Crippen LogP contribution >= 0.6 is 11.8 Å². The van der Waals surface area contributed by atoms with E-state index >= 15 is 24.0 Å². The van der Waals surface area contributed by atoms with Gasteiger partial charge in [0.2, 0.25) is 53.4 Å². The van der Waals surface area contributed by atoms with E-state index in [1.54, 1.807) is 42.5 Å². The van der Waals surface area contributed by atoms with Gasteiger partial charge in [0.1, 0.15) is 72.2 Å². The van der Waals surface area contributed by atoms with Crippen LogP contribution in [0.15, 0.2) is 102 Å². The Hall–Kier alpha value is -15.3. The van der Waals surface area contributed by atoms with Crippen LogP contribution in [0.25, 0.3) is 0 Å². The number of rotatable bonds is 59. The van der Waals surface area contributed by atoms with Gasteiger partial charge in [0.25, 0.3) is 5.91 Å². The van der Waals surface area contributed by atoms with Crippen molar-refractivity contribution in [3.05, 3.63) is 119 Å². The molecule has 55 heteroatoms. The number of nitrogens with two attached hydrogens (primary N) is 9. The molecule has 54 nitrogen and oxygen atoms in total. The maximum atomic E-state index is 16.1. The maximum absolute atomic E-state index is 16.1. The number of methoxy groups -OCH3 is 1. The minimum Gasteiger partial charge on any atom is -0.459 e. The average molecular weight is 2110 g/mol. The van der Waals surface area contributed by atoms with Gasteiger partial charge in [0.15, 0.2) is 53.6 Å². The standard InChI is InChI=1S/C94H145N31O23S/c1-48-63(45-94(142)73(148-83(140)53-28-15-10-16-29-53)67-69(144-49(2)126)62(143-7)44-64(128)93(67,6)72(130)70(145-50(3)127)66(48)92(94,4)5)146-84(141)71(68(51-24-11-8-12-25-51)125-75(132)52-26-13-9-14-27-52)147-65(129)47-149-46-54(95)76(133)119-56(31-18-38-112-86(99)100)78(135)121-58(33-20-40-114-88(103)104)80(137)123-60(35-22-42-116-90(107)108)82(139)124-61(36-23-43-117-91(109)110)81(138)122-59(34-21-41-115-89(105)106)79(136)120-57(32-19-39-113-87(101)102)77(134)118-55(74(96)131)30-17-37-111-85(97)98/h8-16,24-29,54-64,67-71,73,128,142H,17-23,30-47,95H2,1-7H3,(H2,96,131)(H,118,134)(H,119,133)(H,120,136)(H,121,135)(H,122,138)(H,123,137)(H,124,139)(H,125,132)(H4,97,98,111)(H4,99,100,112)(H4,101,102,113)(H4,103,104,114)(H4,105,106,115)(H4,107,108,116)(H4,109,110,117)/t54-,55+,56+,57+,58+,59+,60+,61+,62+,63-,64-,67-,68-,69-,70+,71+,73-,93+,94+/m0/s1. The molecule has 3 aromatic rings. The Labute approximate surface area is 864 Å². The van der Waals surface area contributed by atoms with E-state index in [1.807, 2.05) is 0 Å². The Morgan fingerprint density at radius 2 is 0.805 bits per heavy atom. The molecule has 149 heavy (non-hydrogen) atoms. The van der Waals surface area contributed by atoms with Crippen molar-refractivity contribution in [2.24, 2.45) is 68.4 Å². The Morgan fingerprint density at radius 1 is 0.463 bits per heavy atom. The minimum atomic E-state index is -2.67. The second-order valence-electron chi connectivity index (χ2n) is 36.7. The van der Waals surface area contributed by atoms with E-state index in [-0.39, 0.29) is 176 Å². The van der Waals surface area contributed by atoms with Crippen molar-refractivity contribution in [3.8, 4) is 0 Å². The topological polar surface area (TPSA) is 933 Å². The first-order valence-electron chi connectivity index (χ1n) is 48.3. The lowest BCUT2D eigenvalue weighted by molar-refractivity contribution is -0.257. The van der Waals surface area contributed by atoms with E-state index in [1.165, 1.54) is 83.3 Å². The fourth-order valence-corrected chi connectivity index (χ4v) is 18.5. The third-order valence-electron chi connectivity index (χ3n) is 25.4. The zero-order chi connectivity index (χ0) is 111. The number of Topliss-reactive ketones (excluding diaryl/α,β-unsaturated/α-hetero) is 1. The average Bonchev–Trinajstić information content (AvgIpc) is 0.682. The number of benzene rings is 3. The Balaban J connectivity index is 1.35. The van der Waals surface area contributed by atoms with Crippen molar-refractivity contribution in [1.29, 1.82) is 37.9 Å². The number of ether oxygens (including phenoxy) is 6. The van der Waals surface area contributed by atoms with E-state index in [4.69, 9.17) is 118 Å². The third-order valence-corrected chi connectivity index (χ3v) is 26.5. The number of ketones is 1. The molecule has 3 aliphatic rings. The molecule has 2 saturated carbocycles. The molecule has 3 aromatic carbocycles. The zero-order valence-electron chi connectivity index (χ0n) is 84.2. The number of hydrogen-bond acceptors (Lipinski definition) is 32. The second-order valence-corrected chi connectivity index (χ2v) is 37.7. The SMILES string of the molecule is CO[C@@H]1C[C@H](O)[C@@]2(C)C(=O)[C@H](OC(C)=O)C3=C(C)[C@@H](OC(=O)[C@H](OC(=O)CSC[C@H](N)C(=O)N[C@H](CCCNC(=N)N)C(=O)N[C@H](CCCNC(=N)N)C(=O)N[C@H](CCCNC(=N)N)C(=O)N[C@H](CCCNC(=N)N)C(=O)N[C@H](CCCNC(=N)N)C(=O)N[C@H](CCCNC(=N)N)C(=O)N[C@H](CCCNC(=N)N)C(N)=O)[C@@H](NC(=O)c4ccccc4)c4ccccc4)C[C@@](O)([C@@H](OC(=O)c4ccccc4)[C@@H]2[C@H]1OC(C)=O)C3(C)C. The van der Waals surface area contributed by atoms with Gasteiger partial charge in [-0.3, -0.25) is 100 Å². The van der Waals surface area contributed by atoms with E-state index in [0.29, 0.717) is 11.8 Å². The van der Waals surface area contributed by atoms with Crippen LogP contribution in [-0.4, -0.2) is 302 Å². The summed E-state index contributed by atoms with van der Waals surface area (Å²) in [5.74, 6) is -21.8. The van der Waals surface area contributed by atoms with Gasteiger partial charge in [0.05, 0.1) is 40.9 Å². The molecule has 42 N–H and O–H groups in total. The Bertz CT molecular complexity index is 5250. The van der Waals surface area contributed by atoms with Crippen molar-refractivity contribution < 1.29 is 111 Å². The van der Waals surface area contributed by atoms with Gasteiger partial charge in [-0.1, -0.05) is 80.6 Å². The van der Waals surface area contributed by atoms with Crippen LogP contribution < -0.4 is 131 Å². The van der Waals surface area contributed by atoms with Crippen LogP contribution in [0, 0.1) is 54.6 Å². The number of esters is 5. The van der Waals surface area contributed by atoms with E-state index in [9.17, 15) is 58.2 Å². The van der Waals surface area contributed by atoms with Crippen LogP contribution in [0.2, 0.25) is 0 Å². The molecule has 2 bridgehead atoms. The highest BCUT2D eigenvalue weighted by molar-refractivity contribution is 8.00. The van der Waals surface area contributed by atoms with Crippen molar-refractivity contribution >= 4 is 142 Å². The van der Waals surface area contributed by atoms with Gasteiger partial charge in [-0.05, 0) is 145 Å². The smallest absolute Gasteiger partial charge is 0.350 e. The van der Waals surface area contributed by atoms with E-state index in [0.717, 1.165) is 13.8 Å². The summed E-state index contributed by atoms with van der Waals surface area (Å²) < 4.78 is 37.0. The van der Waals surface area contributed by atoms with E-state index < -0.39 is 262 Å². The molecule has 6 rings (SSSR count). The summed E-state index contributed by atoms with van der Waals surface area (Å²) in [4.78, 5) is 220. The predicted molar refractivity (Wildman–Crippen MR) is 546 cm³/mol. The van der Waals surface area contributed by atoms with Crippen LogP contribution in [-0.2, 0) is 90.8 Å². The molecule has 0 unspecified atom stereocenters. The van der Waals surface area contributed by atoms with Gasteiger partial charge in [-0.2, -0.15) is 0 Å². The molecule has 0 radical (unpaired) electrons. The number of carbonyl (C=O) groups excluding carboxylic acids is 15. The molecule has 0 aromatic heterocycles. The maximum Gasteiger partial charge on any atom is 0.350 e. The molecule has 0 spiro atoms. The number of guanidine groups is 7. The van der Waals surface area contributed by atoms with Gasteiger partial charge in [0, 0.05) is 96.3 Å². The number of aliphatic hydroxyl groups excluding tert-OH is 1. The minimum absolute atomic E-state index is 0.0123. The number of carbonyl (C=O) groups is 15. The highest BCUT2D eigenvalue weighted by atomic mass is 32.2. The third kappa shape index (κ3) is 37.6. The fourth-order valence-electron chi connectivity index (χ4n) is 17.7. The number of primary amides is 1. The summed E-state index contributed by atoms with van der Waals surface area (Å²) in [6.07, 6.45) is -15.5. The molecule has 0 heterocycles. The molecule has 19 atom stereocenters.